The number of piperazine rings is 1. The maximum Gasteiger partial charge on any atom is 0.243 e. The number of aryl methyl sites for hydroxylation is 3. The summed E-state index contributed by atoms with van der Waals surface area (Å²) in [6.07, 6.45) is 3.33. The van der Waals surface area contributed by atoms with Crippen LogP contribution >= 0.6 is 0 Å². The molecule has 0 bridgehead atoms. The van der Waals surface area contributed by atoms with Crippen LogP contribution in [0.1, 0.15) is 46.3 Å². The monoisotopic (exact) mass is 440 g/mol. The van der Waals surface area contributed by atoms with Gasteiger partial charge >= 0.3 is 0 Å². The lowest BCUT2D eigenvalue weighted by Crippen LogP contribution is -2.50. The van der Waals surface area contributed by atoms with Gasteiger partial charge in [0.1, 0.15) is 0 Å². The fourth-order valence-corrected chi connectivity index (χ4v) is 5.77. The van der Waals surface area contributed by atoms with E-state index >= 15 is 0 Å². The number of rotatable bonds is 6. The van der Waals surface area contributed by atoms with Crippen molar-refractivity contribution in [3.8, 4) is 0 Å². The van der Waals surface area contributed by atoms with Crippen molar-refractivity contribution in [2.75, 3.05) is 26.2 Å². The molecule has 7 heteroatoms. The molecule has 0 atom stereocenters. The Hall–Kier alpha value is -2.51. The first-order valence-electron chi connectivity index (χ1n) is 10.8. The van der Waals surface area contributed by atoms with Gasteiger partial charge in [-0.05, 0) is 49.4 Å². The summed E-state index contributed by atoms with van der Waals surface area (Å²) in [5.74, 6) is -0.152. The first-order chi connectivity index (χ1) is 14.8. The van der Waals surface area contributed by atoms with E-state index in [1.165, 1.54) is 9.87 Å². The fourth-order valence-electron chi connectivity index (χ4n) is 4.30. The number of benzene rings is 2. The molecular weight excluding hydrogens is 412 g/mol. The second-order valence-corrected chi connectivity index (χ2v) is 10.3. The van der Waals surface area contributed by atoms with Gasteiger partial charge < -0.3 is 4.90 Å². The standard InChI is InChI=1S/C24H28N2O4S/c1-18-5-7-20(8-6-18)23(27)11-12-24(28)25-13-15-26(16-14-25)31(29,30)22-10-9-19-3-2-4-21(19)17-22/h5-10,17H,2-4,11-16H2,1H3. The van der Waals surface area contributed by atoms with E-state index in [1.807, 2.05) is 31.2 Å². The summed E-state index contributed by atoms with van der Waals surface area (Å²) in [5, 5.41) is 0. The van der Waals surface area contributed by atoms with E-state index in [4.69, 9.17) is 0 Å². The average molecular weight is 441 g/mol. The van der Waals surface area contributed by atoms with E-state index < -0.39 is 10.0 Å². The van der Waals surface area contributed by atoms with Gasteiger partial charge in [0.15, 0.2) is 5.78 Å². The number of hydrogen-bond donors (Lipinski definition) is 0. The third-order valence-electron chi connectivity index (χ3n) is 6.24. The molecule has 164 valence electrons. The molecule has 1 aliphatic heterocycles. The van der Waals surface area contributed by atoms with Crippen molar-refractivity contribution in [3.63, 3.8) is 0 Å². The van der Waals surface area contributed by atoms with E-state index in [0.29, 0.717) is 23.5 Å². The largest absolute Gasteiger partial charge is 0.340 e. The van der Waals surface area contributed by atoms with Crippen molar-refractivity contribution in [2.45, 2.75) is 43.9 Å². The first kappa shape index (κ1) is 21.7. The molecule has 0 aromatic heterocycles. The number of hydrogen-bond acceptors (Lipinski definition) is 4. The van der Waals surface area contributed by atoms with Crippen molar-refractivity contribution in [2.24, 2.45) is 0 Å². The van der Waals surface area contributed by atoms with Crippen molar-refractivity contribution < 1.29 is 18.0 Å². The Labute approximate surface area is 183 Å². The summed E-state index contributed by atoms with van der Waals surface area (Å²) in [7, 11) is -3.56. The summed E-state index contributed by atoms with van der Waals surface area (Å²) in [4.78, 5) is 26.9. The van der Waals surface area contributed by atoms with Crippen LogP contribution in [0, 0.1) is 6.92 Å². The summed E-state index contributed by atoms with van der Waals surface area (Å²) in [6, 6.07) is 12.8. The van der Waals surface area contributed by atoms with Gasteiger partial charge in [-0.15, -0.1) is 0 Å². The predicted molar refractivity (Wildman–Crippen MR) is 119 cm³/mol. The summed E-state index contributed by atoms with van der Waals surface area (Å²) < 4.78 is 27.5. The van der Waals surface area contributed by atoms with E-state index in [0.717, 1.165) is 30.4 Å². The van der Waals surface area contributed by atoms with Crippen LogP contribution in [-0.2, 0) is 27.7 Å². The molecule has 4 rings (SSSR count). The van der Waals surface area contributed by atoms with Gasteiger partial charge in [0.25, 0.3) is 0 Å². The number of sulfonamides is 1. The molecular formula is C24H28N2O4S. The number of carbonyl (C=O) groups is 2. The molecule has 31 heavy (non-hydrogen) atoms. The quantitative estimate of drug-likeness (QED) is 0.648. The molecule has 0 spiro atoms. The van der Waals surface area contributed by atoms with E-state index in [1.54, 1.807) is 23.1 Å². The SMILES string of the molecule is Cc1ccc(C(=O)CCC(=O)N2CCN(S(=O)(=O)c3ccc4c(c3)CCC4)CC2)cc1. The number of fused-ring (bicyclic) bond motifs is 1. The lowest BCUT2D eigenvalue weighted by molar-refractivity contribution is -0.132. The highest BCUT2D eigenvalue weighted by Gasteiger charge is 2.30. The van der Waals surface area contributed by atoms with Gasteiger partial charge in [0.2, 0.25) is 15.9 Å². The average Bonchev–Trinajstić information content (AvgIpc) is 3.26. The first-order valence-corrected chi connectivity index (χ1v) is 12.3. The predicted octanol–water partition coefficient (Wildman–Crippen LogP) is 2.98. The summed E-state index contributed by atoms with van der Waals surface area (Å²) >= 11 is 0. The maximum atomic E-state index is 13.0. The van der Waals surface area contributed by atoms with Gasteiger partial charge in [-0.2, -0.15) is 4.31 Å². The number of carbonyl (C=O) groups excluding carboxylic acids is 2. The highest BCUT2D eigenvalue weighted by atomic mass is 32.2. The molecule has 0 N–H and O–H groups in total. The van der Waals surface area contributed by atoms with Gasteiger partial charge in [0.05, 0.1) is 4.90 Å². The second-order valence-electron chi connectivity index (χ2n) is 8.36. The molecule has 1 amide bonds. The molecule has 1 fully saturated rings. The lowest BCUT2D eigenvalue weighted by atomic mass is 10.0. The van der Waals surface area contributed by atoms with Crippen LogP contribution in [0.5, 0.6) is 0 Å². The van der Waals surface area contributed by atoms with Crippen molar-refractivity contribution in [1.29, 1.82) is 0 Å². The minimum atomic E-state index is -3.56. The zero-order valence-electron chi connectivity index (χ0n) is 17.8. The molecule has 2 aliphatic rings. The van der Waals surface area contributed by atoms with Gasteiger partial charge in [-0.3, -0.25) is 9.59 Å². The third-order valence-corrected chi connectivity index (χ3v) is 8.13. The highest BCUT2D eigenvalue weighted by Crippen LogP contribution is 2.26. The van der Waals surface area contributed by atoms with Crippen molar-refractivity contribution in [1.82, 2.24) is 9.21 Å². The Morgan fingerprint density at radius 3 is 2.26 bits per heavy atom. The number of amides is 1. The van der Waals surface area contributed by atoms with Gasteiger partial charge in [-0.25, -0.2) is 8.42 Å². The summed E-state index contributed by atoms with van der Waals surface area (Å²) in [5.41, 5.74) is 4.08. The number of Topliss-reactive ketones (excluding diaryl/α,β-unsaturated/α-hetero) is 1. The van der Waals surface area contributed by atoms with Crippen LogP contribution in [-0.4, -0.2) is 55.5 Å². The molecule has 6 nitrogen and oxygen atoms in total. The summed E-state index contributed by atoms with van der Waals surface area (Å²) in [6.45, 7) is 3.21. The molecule has 0 radical (unpaired) electrons. The molecule has 1 aliphatic carbocycles. The Morgan fingerprint density at radius 1 is 0.871 bits per heavy atom. The third kappa shape index (κ3) is 4.72. The van der Waals surface area contributed by atoms with Crippen molar-refractivity contribution >= 4 is 21.7 Å². The van der Waals surface area contributed by atoms with E-state index in [2.05, 4.69) is 0 Å². The minimum absolute atomic E-state index is 0.0498. The van der Waals surface area contributed by atoms with Gasteiger partial charge in [0, 0.05) is 44.6 Å². The van der Waals surface area contributed by atoms with E-state index in [9.17, 15) is 18.0 Å². The minimum Gasteiger partial charge on any atom is -0.340 e. The normalized spacial score (nSPS) is 16.9. The van der Waals surface area contributed by atoms with Crippen LogP contribution in [0.2, 0.25) is 0 Å². The number of ketones is 1. The molecule has 2 aromatic carbocycles. The fraction of sp³-hybridized carbons (Fsp3) is 0.417. The van der Waals surface area contributed by atoms with Crippen LogP contribution in [0.25, 0.3) is 0 Å². The van der Waals surface area contributed by atoms with Crippen molar-refractivity contribution in [3.05, 3.63) is 64.7 Å². The van der Waals surface area contributed by atoms with Crippen LogP contribution in [0.15, 0.2) is 47.4 Å². The van der Waals surface area contributed by atoms with Gasteiger partial charge in [-0.1, -0.05) is 35.9 Å². The molecule has 1 heterocycles. The topological polar surface area (TPSA) is 74.8 Å². The highest BCUT2D eigenvalue weighted by molar-refractivity contribution is 7.89. The second kappa shape index (κ2) is 8.93. The molecule has 1 saturated heterocycles. The lowest BCUT2D eigenvalue weighted by Gasteiger charge is -2.34. The number of nitrogens with zero attached hydrogens (tertiary/aromatic N) is 2. The Bertz CT molecular complexity index is 1090. The molecule has 0 unspecified atom stereocenters. The molecule has 0 saturated carbocycles. The maximum absolute atomic E-state index is 13.0. The smallest absolute Gasteiger partial charge is 0.243 e. The van der Waals surface area contributed by atoms with Crippen LogP contribution in [0.4, 0.5) is 0 Å². The zero-order chi connectivity index (χ0) is 22.0. The van der Waals surface area contributed by atoms with Crippen LogP contribution in [0.3, 0.4) is 0 Å². The Morgan fingerprint density at radius 2 is 1.55 bits per heavy atom. The molecule has 2 aromatic rings. The Kier molecular flexibility index (Phi) is 6.25. The zero-order valence-corrected chi connectivity index (χ0v) is 18.7. The van der Waals surface area contributed by atoms with E-state index in [-0.39, 0.29) is 37.6 Å². The Balaban J connectivity index is 1.31. The van der Waals surface area contributed by atoms with Crippen LogP contribution < -0.4 is 0 Å².